The minimum Gasteiger partial charge on any atom is -0.369 e. The molecule has 5 nitrogen and oxygen atoms in total. The Hall–Kier alpha value is -1.10. The molecule has 2 rings (SSSR count). The van der Waals surface area contributed by atoms with Crippen LogP contribution in [0.3, 0.4) is 0 Å². The fraction of sp³-hybridized carbons (Fsp3) is 0.875. The van der Waals surface area contributed by atoms with Crippen LogP contribution in [0.1, 0.15) is 40.0 Å². The molecule has 3 N–H and O–H groups in total. The quantitative estimate of drug-likeness (QED) is 0.748. The minimum absolute atomic E-state index is 0.00340. The number of hydrogen-bond donors (Lipinski definition) is 2. The van der Waals surface area contributed by atoms with Crippen LogP contribution in [-0.4, -0.2) is 48.9 Å². The van der Waals surface area contributed by atoms with Gasteiger partial charge in [-0.25, -0.2) is 0 Å². The van der Waals surface area contributed by atoms with Gasteiger partial charge in [-0.1, -0.05) is 13.8 Å². The van der Waals surface area contributed by atoms with E-state index in [0.29, 0.717) is 11.8 Å². The Kier molecular flexibility index (Phi) is 5.25. The van der Waals surface area contributed by atoms with Gasteiger partial charge < -0.3 is 15.5 Å². The standard InChI is InChI=1S/C16H29N3O2/c1-11-8-12(2)10-19(9-11)16(21)13(3)18-6-4-14(5-7-18)15(17)20/h11-14H,4-10H2,1-3H3,(H2,17,20)/p+1/t11-,12-,13-/m1/s1. The van der Waals surface area contributed by atoms with Gasteiger partial charge in [0.05, 0.1) is 13.1 Å². The number of amides is 2. The van der Waals surface area contributed by atoms with E-state index in [1.54, 1.807) is 0 Å². The van der Waals surface area contributed by atoms with Crippen LogP contribution in [0.25, 0.3) is 0 Å². The normalized spacial score (nSPS) is 35.3. The van der Waals surface area contributed by atoms with Gasteiger partial charge in [-0.05, 0) is 25.2 Å². The second kappa shape index (κ2) is 6.77. The van der Waals surface area contributed by atoms with Crippen LogP contribution < -0.4 is 10.6 Å². The van der Waals surface area contributed by atoms with Crippen LogP contribution in [0.15, 0.2) is 0 Å². The van der Waals surface area contributed by atoms with E-state index in [-0.39, 0.29) is 23.8 Å². The van der Waals surface area contributed by atoms with Crippen LogP contribution in [0.4, 0.5) is 0 Å². The van der Waals surface area contributed by atoms with Crippen molar-refractivity contribution in [3.05, 3.63) is 0 Å². The first kappa shape index (κ1) is 16.3. The number of carbonyl (C=O) groups is 2. The first-order valence-electron chi connectivity index (χ1n) is 8.31. The number of rotatable bonds is 3. The number of hydrogen-bond acceptors (Lipinski definition) is 2. The summed E-state index contributed by atoms with van der Waals surface area (Å²) >= 11 is 0. The van der Waals surface area contributed by atoms with E-state index in [1.165, 1.54) is 11.3 Å². The molecule has 21 heavy (non-hydrogen) atoms. The molecule has 120 valence electrons. The maximum atomic E-state index is 12.7. The summed E-state index contributed by atoms with van der Waals surface area (Å²) < 4.78 is 0. The molecule has 5 heteroatoms. The van der Waals surface area contributed by atoms with Gasteiger partial charge in [0.25, 0.3) is 5.91 Å². The highest BCUT2D eigenvalue weighted by molar-refractivity contribution is 5.80. The van der Waals surface area contributed by atoms with E-state index in [0.717, 1.165) is 39.0 Å². The van der Waals surface area contributed by atoms with Crippen LogP contribution in [-0.2, 0) is 9.59 Å². The second-order valence-corrected chi connectivity index (χ2v) is 7.25. The van der Waals surface area contributed by atoms with E-state index in [1.807, 2.05) is 6.92 Å². The molecule has 0 bridgehead atoms. The molecule has 0 saturated carbocycles. The van der Waals surface area contributed by atoms with Crippen molar-refractivity contribution >= 4 is 11.8 Å². The highest BCUT2D eigenvalue weighted by Gasteiger charge is 2.36. The maximum Gasteiger partial charge on any atom is 0.280 e. The molecule has 0 unspecified atom stereocenters. The Bertz CT molecular complexity index is 381. The summed E-state index contributed by atoms with van der Waals surface area (Å²) in [6, 6.07) is -0.00340. The average Bonchev–Trinajstić information content (AvgIpc) is 2.44. The Morgan fingerprint density at radius 2 is 1.67 bits per heavy atom. The molecule has 0 aromatic rings. The molecule has 0 radical (unpaired) electrons. The van der Waals surface area contributed by atoms with Gasteiger partial charge in [-0.2, -0.15) is 0 Å². The molecule has 2 aliphatic rings. The van der Waals surface area contributed by atoms with Crippen molar-refractivity contribution in [2.75, 3.05) is 26.2 Å². The fourth-order valence-corrected chi connectivity index (χ4v) is 4.00. The summed E-state index contributed by atoms with van der Waals surface area (Å²) in [7, 11) is 0. The number of nitrogens with one attached hydrogen (secondary N) is 1. The lowest BCUT2D eigenvalue weighted by atomic mass is 9.91. The molecular formula is C16H30N3O2+. The van der Waals surface area contributed by atoms with Crippen molar-refractivity contribution in [1.82, 2.24) is 4.90 Å². The molecule has 3 atom stereocenters. The molecule has 2 aliphatic heterocycles. The first-order valence-corrected chi connectivity index (χ1v) is 8.31. The third-order valence-corrected chi connectivity index (χ3v) is 5.19. The van der Waals surface area contributed by atoms with Crippen molar-refractivity contribution in [2.45, 2.75) is 46.1 Å². The van der Waals surface area contributed by atoms with Crippen molar-refractivity contribution in [3.8, 4) is 0 Å². The van der Waals surface area contributed by atoms with Gasteiger partial charge in [0.2, 0.25) is 5.91 Å². The van der Waals surface area contributed by atoms with Gasteiger partial charge >= 0.3 is 0 Å². The Labute approximate surface area is 127 Å². The summed E-state index contributed by atoms with van der Waals surface area (Å²) in [5, 5.41) is 0. The summed E-state index contributed by atoms with van der Waals surface area (Å²) in [5.41, 5.74) is 5.37. The minimum atomic E-state index is -0.188. The number of piperidine rings is 2. The molecular weight excluding hydrogens is 266 g/mol. The lowest BCUT2D eigenvalue weighted by molar-refractivity contribution is -0.920. The van der Waals surface area contributed by atoms with Gasteiger partial charge in [-0.15, -0.1) is 0 Å². The fourth-order valence-electron chi connectivity index (χ4n) is 4.00. The SMILES string of the molecule is C[C@@H]1C[C@@H](C)CN(C(=O)[C@@H](C)[NH+]2CCC(C(N)=O)CC2)C1. The highest BCUT2D eigenvalue weighted by Crippen LogP contribution is 2.21. The van der Waals surface area contributed by atoms with E-state index in [2.05, 4.69) is 18.7 Å². The predicted molar refractivity (Wildman–Crippen MR) is 81.6 cm³/mol. The van der Waals surface area contributed by atoms with Crippen LogP contribution in [0.5, 0.6) is 0 Å². The van der Waals surface area contributed by atoms with Crippen LogP contribution >= 0.6 is 0 Å². The molecule has 2 fully saturated rings. The molecule has 0 spiro atoms. The lowest BCUT2D eigenvalue weighted by Gasteiger charge is -2.38. The first-order chi connectivity index (χ1) is 9.88. The number of nitrogens with two attached hydrogens (primary N) is 1. The topological polar surface area (TPSA) is 67.8 Å². The monoisotopic (exact) mass is 296 g/mol. The third-order valence-electron chi connectivity index (χ3n) is 5.19. The highest BCUT2D eigenvalue weighted by atomic mass is 16.2. The Morgan fingerprint density at radius 1 is 1.14 bits per heavy atom. The predicted octanol–water partition coefficient (Wildman–Crippen LogP) is -0.340. The summed E-state index contributed by atoms with van der Waals surface area (Å²) in [5.74, 6) is 1.29. The lowest BCUT2D eigenvalue weighted by Crippen LogP contribution is -3.17. The van der Waals surface area contributed by atoms with E-state index < -0.39 is 0 Å². The summed E-state index contributed by atoms with van der Waals surface area (Å²) in [4.78, 5) is 27.3. The maximum absolute atomic E-state index is 12.7. The molecule has 0 aliphatic carbocycles. The number of nitrogens with zero attached hydrogens (tertiary/aromatic N) is 1. The molecule has 2 saturated heterocycles. The van der Waals surface area contributed by atoms with Crippen LogP contribution in [0, 0.1) is 17.8 Å². The summed E-state index contributed by atoms with van der Waals surface area (Å²) in [6.07, 6.45) is 2.85. The van der Waals surface area contributed by atoms with Gasteiger partial charge in [-0.3, -0.25) is 9.59 Å². The number of quaternary nitrogens is 1. The van der Waals surface area contributed by atoms with E-state index in [4.69, 9.17) is 5.73 Å². The van der Waals surface area contributed by atoms with Gasteiger partial charge in [0.1, 0.15) is 0 Å². The van der Waals surface area contributed by atoms with E-state index in [9.17, 15) is 9.59 Å². The largest absolute Gasteiger partial charge is 0.369 e. The molecule has 0 aromatic carbocycles. The number of carbonyl (C=O) groups excluding carboxylic acids is 2. The van der Waals surface area contributed by atoms with Crippen molar-refractivity contribution in [3.63, 3.8) is 0 Å². The zero-order valence-electron chi connectivity index (χ0n) is 13.6. The Morgan fingerprint density at radius 3 is 2.14 bits per heavy atom. The van der Waals surface area contributed by atoms with Crippen molar-refractivity contribution in [2.24, 2.45) is 23.5 Å². The zero-order chi connectivity index (χ0) is 15.6. The molecule has 0 aromatic heterocycles. The Balaban J connectivity index is 1.89. The number of likely N-dealkylation sites (tertiary alicyclic amines) is 2. The summed E-state index contributed by atoms with van der Waals surface area (Å²) in [6.45, 7) is 10.0. The zero-order valence-corrected chi connectivity index (χ0v) is 13.6. The van der Waals surface area contributed by atoms with E-state index >= 15 is 0 Å². The molecule has 2 heterocycles. The smallest absolute Gasteiger partial charge is 0.280 e. The van der Waals surface area contributed by atoms with Crippen molar-refractivity contribution < 1.29 is 14.5 Å². The second-order valence-electron chi connectivity index (χ2n) is 7.25. The number of primary amides is 1. The van der Waals surface area contributed by atoms with Gasteiger partial charge in [0.15, 0.2) is 6.04 Å². The van der Waals surface area contributed by atoms with Crippen molar-refractivity contribution in [1.29, 1.82) is 0 Å². The molecule has 2 amide bonds. The van der Waals surface area contributed by atoms with Gasteiger partial charge in [0, 0.05) is 31.8 Å². The third kappa shape index (κ3) is 3.96. The average molecular weight is 296 g/mol. The van der Waals surface area contributed by atoms with Crippen LogP contribution in [0.2, 0.25) is 0 Å².